The molecule has 5 heteroatoms. The topological polar surface area (TPSA) is 80.9 Å². The Morgan fingerprint density at radius 2 is 1.68 bits per heavy atom. The fourth-order valence-electron chi connectivity index (χ4n) is 3.01. The summed E-state index contributed by atoms with van der Waals surface area (Å²) in [5.74, 6) is 6.31. The van der Waals surface area contributed by atoms with E-state index in [2.05, 4.69) is 27.1 Å². The summed E-state index contributed by atoms with van der Waals surface area (Å²) in [5.41, 5.74) is 10.3. The van der Waals surface area contributed by atoms with Gasteiger partial charge in [0.15, 0.2) is 0 Å². The van der Waals surface area contributed by atoms with Crippen molar-refractivity contribution in [2.75, 3.05) is 5.32 Å². The third-order valence-corrected chi connectivity index (χ3v) is 4.62. The van der Waals surface area contributed by atoms with E-state index in [0.29, 0.717) is 23.6 Å². The van der Waals surface area contributed by atoms with E-state index in [1.165, 1.54) is 0 Å². The average Bonchev–Trinajstić information content (AvgIpc) is 2.83. The number of hydrogen-bond donors (Lipinski definition) is 2. The van der Waals surface area contributed by atoms with Gasteiger partial charge in [0.1, 0.15) is 5.82 Å². The predicted octanol–water partition coefficient (Wildman–Crippen LogP) is 4.25. The number of rotatable bonds is 5. The van der Waals surface area contributed by atoms with Crippen LogP contribution in [-0.4, -0.2) is 15.9 Å². The van der Waals surface area contributed by atoms with Crippen LogP contribution in [0.25, 0.3) is 11.3 Å². The van der Waals surface area contributed by atoms with Crippen LogP contribution in [0.1, 0.15) is 27.0 Å². The van der Waals surface area contributed by atoms with Crippen molar-refractivity contribution in [2.24, 2.45) is 5.73 Å². The average molecular weight is 404 g/mol. The minimum atomic E-state index is -0.495. The van der Waals surface area contributed by atoms with E-state index in [9.17, 15) is 4.79 Å². The number of carbonyl (C=O) groups excluding carboxylic acids is 1. The number of hydrogen-bond acceptors (Lipinski definition) is 4. The summed E-state index contributed by atoms with van der Waals surface area (Å²) < 4.78 is 0. The molecule has 3 N–H and O–H groups in total. The number of nitrogens with zero attached hydrogens (tertiary/aromatic N) is 2. The molecule has 0 radical (unpaired) electrons. The normalized spacial score (nSPS) is 10.1. The van der Waals surface area contributed by atoms with Crippen LogP contribution in [0.15, 0.2) is 91.3 Å². The third-order valence-electron chi connectivity index (χ3n) is 4.62. The van der Waals surface area contributed by atoms with Crippen LogP contribution in [0, 0.1) is 11.8 Å². The molecule has 5 nitrogen and oxygen atoms in total. The molecule has 0 aliphatic rings. The maximum atomic E-state index is 11.8. The number of nitrogens with one attached hydrogen (secondary N) is 1. The highest BCUT2D eigenvalue weighted by Crippen LogP contribution is 2.22. The van der Waals surface area contributed by atoms with E-state index in [4.69, 9.17) is 5.73 Å². The van der Waals surface area contributed by atoms with Crippen LogP contribution in [-0.2, 0) is 6.54 Å². The van der Waals surface area contributed by atoms with E-state index in [0.717, 1.165) is 22.3 Å². The van der Waals surface area contributed by atoms with E-state index in [-0.39, 0.29) is 0 Å². The van der Waals surface area contributed by atoms with Gasteiger partial charge in [-0.3, -0.25) is 9.78 Å². The lowest BCUT2D eigenvalue weighted by atomic mass is 10.1. The predicted molar refractivity (Wildman–Crippen MR) is 122 cm³/mol. The molecule has 0 fully saturated rings. The Kier molecular flexibility index (Phi) is 6.01. The fraction of sp³-hybridized carbons (Fsp3) is 0.0385. The van der Waals surface area contributed by atoms with Crippen molar-refractivity contribution in [3.63, 3.8) is 0 Å². The molecule has 2 aromatic heterocycles. The highest BCUT2D eigenvalue weighted by atomic mass is 16.1. The van der Waals surface area contributed by atoms with Crippen molar-refractivity contribution in [2.45, 2.75) is 6.54 Å². The lowest BCUT2D eigenvalue weighted by Gasteiger charge is -2.10. The molecule has 4 rings (SSSR count). The van der Waals surface area contributed by atoms with Crippen LogP contribution in [0.4, 0.5) is 5.82 Å². The van der Waals surface area contributed by atoms with E-state index in [1.807, 2.05) is 66.7 Å². The van der Waals surface area contributed by atoms with Crippen molar-refractivity contribution in [1.82, 2.24) is 9.97 Å². The third kappa shape index (κ3) is 5.34. The maximum Gasteiger partial charge on any atom is 0.248 e. The van der Waals surface area contributed by atoms with Crippen LogP contribution >= 0.6 is 0 Å². The second kappa shape index (κ2) is 9.38. The molecule has 4 aromatic rings. The Morgan fingerprint density at radius 3 is 2.39 bits per heavy atom. The van der Waals surface area contributed by atoms with Gasteiger partial charge >= 0.3 is 0 Å². The number of anilines is 1. The van der Waals surface area contributed by atoms with Crippen molar-refractivity contribution in [1.29, 1.82) is 0 Å². The van der Waals surface area contributed by atoms with E-state index >= 15 is 0 Å². The first-order chi connectivity index (χ1) is 15.2. The zero-order chi connectivity index (χ0) is 21.5. The molecule has 0 atom stereocenters. The summed E-state index contributed by atoms with van der Waals surface area (Å²) in [6, 6.07) is 24.8. The minimum absolute atomic E-state index is 0.404. The summed E-state index contributed by atoms with van der Waals surface area (Å²) in [6.45, 7) is 0.596. The molecule has 0 unspecified atom stereocenters. The van der Waals surface area contributed by atoms with E-state index < -0.39 is 5.91 Å². The molecular formula is C26H20N4O. The Bertz CT molecular complexity index is 1240. The number of nitrogens with two attached hydrogens (primary N) is 1. The summed E-state index contributed by atoms with van der Waals surface area (Å²) in [4.78, 5) is 20.6. The molecule has 0 saturated heterocycles. The second-order valence-electron chi connectivity index (χ2n) is 6.90. The molecule has 0 aliphatic heterocycles. The van der Waals surface area contributed by atoms with Gasteiger partial charge in [0.2, 0.25) is 5.91 Å². The first-order valence-corrected chi connectivity index (χ1v) is 9.79. The zero-order valence-corrected chi connectivity index (χ0v) is 16.7. The Balaban J connectivity index is 1.57. The lowest BCUT2D eigenvalue weighted by molar-refractivity contribution is 0.100. The summed E-state index contributed by atoms with van der Waals surface area (Å²) >= 11 is 0. The van der Waals surface area contributed by atoms with Gasteiger partial charge in [-0.2, -0.15) is 0 Å². The highest BCUT2D eigenvalue weighted by Gasteiger charge is 2.09. The summed E-state index contributed by atoms with van der Waals surface area (Å²) in [5, 5.41) is 3.27. The SMILES string of the molecule is NC(=O)c1cc(NCc2ccccc2)nc(-c2ccc(C#Cc3cccnc3)cc2)c1. The van der Waals surface area contributed by atoms with Gasteiger partial charge in [-0.15, -0.1) is 0 Å². The van der Waals surface area contributed by atoms with Gasteiger partial charge in [0.25, 0.3) is 0 Å². The standard InChI is InChI=1S/C26H20N4O/c27-26(31)23-15-24(30-25(16-23)29-18-20-5-2-1-3-6-20)22-12-10-19(11-13-22)8-9-21-7-4-14-28-17-21/h1-7,10-17H,18H2,(H2,27,31)(H,29,30). The number of benzene rings is 2. The molecule has 2 heterocycles. The summed E-state index contributed by atoms with van der Waals surface area (Å²) in [7, 11) is 0. The lowest BCUT2D eigenvalue weighted by Crippen LogP contribution is -2.12. The minimum Gasteiger partial charge on any atom is -0.366 e. The van der Waals surface area contributed by atoms with Crippen molar-refractivity contribution >= 4 is 11.7 Å². The fourth-order valence-corrected chi connectivity index (χ4v) is 3.01. The maximum absolute atomic E-state index is 11.8. The Hall–Kier alpha value is -4.43. The number of amides is 1. The molecule has 0 spiro atoms. The molecule has 0 saturated carbocycles. The van der Waals surface area contributed by atoms with Crippen molar-refractivity contribution in [3.05, 3.63) is 114 Å². The van der Waals surface area contributed by atoms with Crippen LogP contribution in [0.3, 0.4) is 0 Å². The number of pyridine rings is 2. The van der Waals surface area contributed by atoms with Crippen LogP contribution < -0.4 is 11.1 Å². The molecule has 0 aliphatic carbocycles. The molecular weight excluding hydrogens is 384 g/mol. The summed E-state index contributed by atoms with van der Waals surface area (Å²) in [6.07, 6.45) is 3.45. The monoisotopic (exact) mass is 404 g/mol. The number of carbonyl (C=O) groups is 1. The second-order valence-corrected chi connectivity index (χ2v) is 6.90. The molecule has 31 heavy (non-hydrogen) atoms. The van der Waals surface area contributed by atoms with Gasteiger partial charge < -0.3 is 11.1 Å². The van der Waals surface area contributed by atoms with Gasteiger partial charge in [-0.1, -0.05) is 54.3 Å². The smallest absolute Gasteiger partial charge is 0.248 e. The van der Waals surface area contributed by atoms with Gasteiger partial charge in [0, 0.05) is 41.2 Å². The molecule has 150 valence electrons. The van der Waals surface area contributed by atoms with Crippen LogP contribution in [0.2, 0.25) is 0 Å². The zero-order valence-electron chi connectivity index (χ0n) is 16.7. The highest BCUT2D eigenvalue weighted by molar-refractivity contribution is 5.94. The van der Waals surface area contributed by atoms with Gasteiger partial charge in [-0.05, 0) is 42.0 Å². The van der Waals surface area contributed by atoms with Gasteiger partial charge in [-0.25, -0.2) is 4.98 Å². The van der Waals surface area contributed by atoms with Crippen molar-refractivity contribution in [3.8, 4) is 23.1 Å². The first-order valence-electron chi connectivity index (χ1n) is 9.79. The largest absolute Gasteiger partial charge is 0.366 e. The molecule has 2 aromatic carbocycles. The Labute approximate surface area is 181 Å². The molecule has 1 amide bonds. The number of aromatic nitrogens is 2. The van der Waals surface area contributed by atoms with Gasteiger partial charge in [0.05, 0.1) is 5.69 Å². The van der Waals surface area contributed by atoms with E-state index in [1.54, 1.807) is 24.5 Å². The quantitative estimate of drug-likeness (QED) is 0.487. The Morgan fingerprint density at radius 1 is 0.903 bits per heavy atom. The van der Waals surface area contributed by atoms with Crippen LogP contribution in [0.5, 0.6) is 0 Å². The van der Waals surface area contributed by atoms with Crippen molar-refractivity contribution < 1.29 is 4.79 Å². The number of primary amides is 1. The first kappa shape index (κ1) is 19.9. The molecule has 0 bridgehead atoms.